The van der Waals surface area contributed by atoms with Gasteiger partial charge in [-0.05, 0) is 67.1 Å². The highest BCUT2D eigenvalue weighted by atomic mass is 19.1. The lowest BCUT2D eigenvalue weighted by Crippen LogP contribution is -2.41. The van der Waals surface area contributed by atoms with Crippen LogP contribution in [0.5, 0.6) is 5.75 Å². The number of fused-ring (bicyclic) bond motifs is 1. The van der Waals surface area contributed by atoms with Gasteiger partial charge in [-0.1, -0.05) is 30.3 Å². The topological polar surface area (TPSA) is 141 Å². The monoisotopic (exact) mass is 610 g/mol. The molecule has 4 heterocycles. The van der Waals surface area contributed by atoms with E-state index in [1.165, 1.54) is 13.3 Å². The predicted molar refractivity (Wildman–Crippen MR) is 161 cm³/mol. The molecule has 13 heteroatoms. The van der Waals surface area contributed by atoms with Crippen molar-refractivity contribution in [3.8, 4) is 17.2 Å². The maximum absolute atomic E-state index is 13.8. The molecule has 3 aromatic heterocycles. The van der Waals surface area contributed by atoms with Crippen molar-refractivity contribution in [1.29, 1.82) is 0 Å². The fourth-order valence-electron chi connectivity index (χ4n) is 6.00. The number of rotatable bonds is 8. The molecular weight excluding hydrogens is 579 g/mol. The third kappa shape index (κ3) is 5.61. The molecule has 1 N–H and O–H groups in total. The van der Waals surface area contributed by atoms with Gasteiger partial charge in [0, 0.05) is 25.0 Å². The number of carbonyl (C=O) groups excluding carboxylic acids is 2. The van der Waals surface area contributed by atoms with Gasteiger partial charge in [0.25, 0.3) is 5.91 Å². The van der Waals surface area contributed by atoms with Gasteiger partial charge in [-0.25, -0.2) is 14.4 Å². The van der Waals surface area contributed by atoms with E-state index in [0.29, 0.717) is 41.3 Å². The highest BCUT2D eigenvalue weighted by Crippen LogP contribution is 2.38. The van der Waals surface area contributed by atoms with Crippen molar-refractivity contribution < 1.29 is 23.1 Å². The van der Waals surface area contributed by atoms with Gasteiger partial charge in [-0.15, -0.1) is 10.2 Å². The highest BCUT2D eigenvalue weighted by molar-refractivity contribution is 5.98. The van der Waals surface area contributed by atoms with E-state index in [-0.39, 0.29) is 47.5 Å². The number of alkyl halides is 1. The van der Waals surface area contributed by atoms with Crippen molar-refractivity contribution in [2.24, 2.45) is 11.8 Å². The summed E-state index contributed by atoms with van der Waals surface area (Å²) in [6.07, 6.45) is 2.18. The van der Waals surface area contributed by atoms with Gasteiger partial charge in [-0.2, -0.15) is 4.80 Å². The Balaban J connectivity index is 1.09. The summed E-state index contributed by atoms with van der Waals surface area (Å²) in [5.41, 5.74) is 3.21. The Hall–Kier alpha value is -5.20. The zero-order valence-electron chi connectivity index (χ0n) is 24.8. The number of hydrogen-bond donors (Lipinski definition) is 1. The first-order valence-corrected chi connectivity index (χ1v) is 14.9. The molecule has 0 bridgehead atoms. The first kappa shape index (κ1) is 28.6. The number of ether oxygens (including phenoxy) is 1. The van der Waals surface area contributed by atoms with Crippen molar-refractivity contribution in [3.05, 3.63) is 77.9 Å². The highest BCUT2D eigenvalue weighted by Gasteiger charge is 2.43. The summed E-state index contributed by atoms with van der Waals surface area (Å²) >= 11 is 0. The summed E-state index contributed by atoms with van der Waals surface area (Å²) in [6.45, 7) is 2.87. The molecule has 45 heavy (non-hydrogen) atoms. The van der Waals surface area contributed by atoms with E-state index in [1.807, 2.05) is 25.1 Å². The van der Waals surface area contributed by atoms with E-state index in [9.17, 15) is 14.0 Å². The number of pyridine rings is 1. The molecule has 1 saturated heterocycles. The van der Waals surface area contributed by atoms with Crippen molar-refractivity contribution in [1.82, 2.24) is 35.1 Å². The van der Waals surface area contributed by atoms with Crippen LogP contribution < -0.4 is 10.1 Å². The summed E-state index contributed by atoms with van der Waals surface area (Å²) in [6, 6.07) is 16.7. The summed E-state index contributed by atoms with van der Waals surface area (Å²) in [4.78, 5) is 38.5. The third-order valence-corrected chi connectivity index (χ3v) is 8.44. The fourth-order valence-corrected chi connectivity index (χ4v) is 6.00. The number of hydrogen-bond acceptors (Lipinski definition) is 9. The molecule has 0 spiro atoms. The van der Waals surface area contributed by atoms with E-state index in [4.69, 9.17) is 9.15 Å². The average Bonchev–Trinajstić information content (AvgIpc) is 3.42. The smallest absolute Gasteiger partial charge is 0.276 e. The Morgan fingerprint density at radius 1 is 1.11 bits per heavy atom. The molecule has 2 amide bonds. The number of aryl methyl sites for hydroxylation is 1. The van der Waals surface area contributed by atoms with Gasteiger partial charge in [0.2, 0.25) is 11.8 Å². The minimum Gasteiger partial charge on any atom is -0.493 e. The van der Waals surface area contributed by atoms with E-state index in [1.54, 1.807) is 34.0 Å². The number of nitrogens with zero attached hydrogens (tertiary/aromatic N) is 7. The van der Waals surface area contributed by atoms with E-state index in [2.05, 4.69) is 42.8 Å². The van der Waals surface area contributed by atoms with Crippen molar-refractivity contribution in [2.75, 3.05) is 25.5 Å². The Morgan fingerprint density at radius 2 is 1.89 bits per heavy atom. The molecule has 5 aromatic rings. The molecule has 2 aliphatic rings. The fraction of sp³-hybridized carbons (Fsp3) is 0.344. The number of methoxy groups -OCH3 is 1. The molecule has 1 saturated carbocycles. The Morgan fingerprint density at radius 3 is 2.58 bits per heavy atom. The van der Waals surface area contributed by atoms with Gasteiger partial charge >= 0.3 is 0 Å². The lowest BCUT2D eigenvalue weighted by atomic mass is 9.85. The van der Waals surface area contributed by atoms with Gasteiger partial charge in [0.1, 0.15) is 17.7 Å². The lowest BCUT2D eigenvalue weighted by Gasteiger charge is -2.35. The number of benzene rings is 2. The van der Waals surface area contributed by atoms with Crippen LogP contribution >= 0.6 is 0 Å². The van der Waals surface area contributed by atoms with Crippen LogP contribution in [0.1, 0.15) is 47.2 Å². The summed E-state index contributed by atoms with van der Waals surface area (Å²) in [5.74, 6) is 0.113. The average molecular weight is 611 g/mol. The number of anilines is 1. The molecule has 0 radical (unpaired) electrons. The zero-order valence-corrected chi connectivity index (χ0v) is 24.8. The van der Waals surface area contributed by atoms with E-state index in [0.717, 1.165) is 18.4 Å². The minimum atomic E-state index is -1.08. The van der Waals surface area contributed by atoms with E-state index < -0.39 is 12.1 Å². The number of amides is 2. The quantitative estimate of drug-likeness (QED) is 0.266. The van der Waals surface area contributed by atoms with E-state index >= 15 is 0 Å². The molecule has 2 fully saturated rings. The third-order valence-electron chi connectivity index (χ3n) is 8.44. The summed E-state index contributed by atoms with van der Waals surface area (Å²) in [7, 11) is 1.48. The number of nitrogens with one attached hydrogen (secondary N) is 1. The number of aromatic nitrogens is 6. The SMILES string of the molecule is COc1c(-c2nc3cc(NC(=O)[C@@H]4C[C@@H]4F)ccc3o2)ccnc1C(=O)N1CCC(C(c2ccccc2)n2nnc(C)n2)CC1. The second-order valence-corrected chi connectivity index (χ2v) is 11.4. The number of likely N-dealkylation sites (tertiary alicyclic amines) is 1. The van der Waals surface area contributed by atoms with Crippen LogP contribution in [-0.4, -0.2) is 73.3 Å². The van der Waals surface area contributed by atoms with Gasteiger partial charge < -0.3 is 19.4 Å². The maximum atomic E-state index is 13.8. The number of halogens is 1. The van der Waals surface area contributed by atoms with Gasteiger partial charge in [0.15, 0.2) is 22.9 Å². The maximum Gasteiger partial charge on any atom is 0.276 e. The second-order valence-electron chi connectivity index (χ2n) is 11.4. The molecule has 2 aromatic carbocycles. The number of tetrazole rings is 1. The van der Waals surface area contributed by atoms with Crippen LogP contribution in [0.2, 0.25) is 0 Å². The lowest BCUT2D eigenvalue weighted by molar-refractivity contribution is -0.117. The normalized spacial score (nSPS) is 19.0. The number of carbonyl (C=O) groups is 2. The van der Waals surface area contributed by atoms with Crippen molar-refractivity contribution in [3.63, 3.8) is 0 Å². The molecule has 230 valence electrons. The Labute approximate surface area is 257 Å². The first-order valence-electron chi connectivity index (χ1n) is 14.9. The Kier molecular flexibility index (Phi) is 7.43. The van der Waals surface area contributed by atoms with Crippen LogP contribution in [0.25, 0.3) is 22.6 Å². The molecule has 12 nitrogen and oxygen atoms in total. The second kappa shape index (κ2) is 11.7. The predicted octanol–water partition coefficient (Wildman–Crippen LogP) is 4.63. The largest absolute Gasteiger partial charge is 0.493 e. The van der Waals surface area contributed by atoms with Crippen LogP contribution in [0.4, 0.5) is 10.1 Å². The zero-order chi connectivity index (χ0) is 31.1. The Bertz CT molecular complexity index is 1870. The van der Waals surface area contributed by atoms with Gasteiger partial charge in [-0.3, -0.25) is 9.59 Å². The van der Waals surface area contributed by atoms with Crippen molar-refractivity contribution >= 4 is 28.6 Å². The van der Waals surface area contributed by atoms with Crippen molar-refractivity contribution in [2.45, 2.75) is 38.4 Å². The molecule has 3 atom stereocenters. The van der Waals surface area contributed by atoms with Crippen LogP contribution in [0.15, 0.2) is 65.2 Å². The summed E-state index contributed by atoms with van der Waals surface area (Å²) in [5, 5.41) is 15.6. The number of oxazole rings is 1. The molecule has 7 rings (SSSR count). The standard InChI is InChI=1S/C32H31FN8O4/c1-18-37-39-41(38-18)28(19-6-4-3-5-7-19)20-11-14-40(15-12-20)32(43)27-29(44-2)22(10-13-34-27)31-36-25-16-21(8-9-26(25)45-31)35-30(42)23-17-24(23)33/h3-10,13,16,20,23-24,28H,11-12,14-15,17H2,1-2H3,(H,35,42)/t23-,24+,28?/m1/s1. The van der Waals surface area contributed by atoms with Crippen LogP contribution in [-0.2, 0) is 4.79 Å². The first-order chi connectivity index (χ1) is 21.9. The van der Waals surface area contributed by atoms with Gasteiger partial charge in [0.05, 0.1) is 18.6 Å². The minimum absolute atomic E-state index is 0.0945. The number of piperidine rings is 1. The summed E-state index contributed by atoms with van der Waals surface area (Å²) < 4.78 is 25.0. The molecule has 1 aliphatic heterocycles. The molecular formula is C32H31FN8O4. The van der Waals surface area contributed by atoms with Crippen LogP contribution in [0.3, 0.4) is 0 Å². The molecule has 1 unspecified atom stereocenters. The van der Waals surface area contributed by atoms with Crippen LogP contribution in [0, 0.1) is 18.8 Å². The molecule has 1 aliphatic carbocycles.